The van der Waals surface area contributed by atoms with Crippen LogP contribution in [0.15, 0.2) is 0 Å². The number of carboxylic acid groups (broad SMARTS) is 3. The fourth-order valence-electron chi connectivity index (χ4n) is 1.24. The van der Waals surface area contributed by atoms with E-state index in [1.807, 2.05) is 0 Å². The zero-order valence-electron chi connectivity index (χ0n) is 19.2. The molecule has 0 unspecified atom stereocenters. The summed E-state index contributed by atoms with van der Waals surface area (Å²) in [7, 11) is 0. The van der Waals surface area contributed by atoms with Crippen LogP contribution in [-0.4, -0.2) is 43.7 Å². The van der Waals surface area contributed by atoms with E-state index in [4.69, 9.17) is 43.9 Å². The fraction of sp³-hybridized carbons (Fsp3) is 0.800. The molecule has 0 aliphatic rings. The summed E-state index contributed by atoms with van der Waals surface area (Å²) in [6.07, 6.45) is 6.31. The Morgan fingerprint density at radius 1 is 0.667 bits per heavy atom. The van der Waals surface area contributed by atoms with E-state index in [0.29, 0.717) is 19.8 Å². The van der Waals surface area contributed by atoms with Crippen LogP contribution in [0, 0.1) is 6.92 Å². The first-order valence-electron chi connectivity index (χ1n) is 9.68. The quantitative estimate of drug-likeness (QED) is 0.202. The summed E-state index contributed by atoms with van der Waals surface area (Å²) < 4.78 is 16.8. The Morgan fingerprint density at radius 2 is 0.833 bits per heavy atom. The third-order valence-electron chi connectivity index (χ3n) is 2.46. The van der Waals surface area contributed by atoms with Gasteiger partial charge >= 0.3 is 26.2 Å². The van der Waals surface area contributed by atoms with Crippen molar-refractivity contribution in [1.29, 1.82) is 0 Å². The predicted octanol–water partition coefficient (Wildman–Crippen LogP) is 0.190. The maximum atomic E-state index is 8.89. The van der Waals surface area contributed by atoms with Crippen LogP contribution in [0.3, 0.4) is 0 Å². The molecule has 0 aromatic carbocycles. The first-order chi connectivity index (χ1) is 13.4. The predicted molar refractivity (Wildman–Crippen MR) is 103 cm³/mol. The van der Waals surface area contributed by atoms with Gasteiger partial charge in [-0.2, -0.15) is 0 Å². The van der Waals surface area contributed by atoms with E-state index in [9.17, 15) is 0 Å². The SMILES string of the molecule is CC(=O)[O-].CC(=O)[O-].CC(=O)[O-].[CH2-]C(OCCCC)(OCCCC)OCCCC.[Zr+4]. The van der Waals surface area contributed by atoms with Crippen LogP contribution in [0.1, 0.15) is 80.1 Å². The monoisotopic (exact) mass is 512 g/mol. The molecule has 0 aromatic heterocycles. The number of unbranched alkanes of at least 4 members (excludes halogenated alkanes) is 3. The van der Waals surface area contributed by atoms with Crippen molar-refractivity contribution < 1.29 is 70.1 Å². The molecule has 9 nitrogen and oxygen atoms in total. The van der Waals surface area contributed by atoms with E-state index in [0.717, 1.165) is 59.3 Å². The van der Waals surface area contributed by atoms with Crippen molar-refractivity contribution in [1.82, 2.24) is 0 Å². The van der Waals surface area contributed by atoms with Gasteiger partial charge in [-0.25, -0.2) is 0 Å². The summed E-state index contributed by atoms with van der Waals surface area (Å²) in [4.78, 5) is 26.7. The van der Waals surface area contributed by atoms with Gasteiger partial charge in [0.15, 0.2) is 0 Å². The molecule has 0 heterocycles. The van der Waals surface area contributed by atoms with Gasteiger partial charge in [0, 0.05) is 37.7 Å². The Kier molecular flexibility index (Phi) is 40.1. The van der Waals surface area contributed by atoms with Crippen LogP contribution in [0.2, 0.25) is 0 Å². The van der Waals surface area contributed by atoms with E-state index in [1.54, 1.807) is 0 Å². The van der Waals surface area contributed by atoms with E-state index in [-0.39, 0.29) is 26.2 Å². The van der Waals surface area contributed by atoms with Crippen molar-refractivity contribution in [3.05, 3.63) is 6.92 Å². The molecule has 0 saturated carbocycles. The molecule has 176 valence electrons. The summed E-state index contributed by atoms with van der Waals surface area (Å²) in [5.41, 5.74) is 0. The molecule has 0 atom stereocenters. The smallest absolute Gasteiger partial charge is 0.550 e. The van der Waals surface area contributed by atoms with Crippen molar-refractivity contribution in [2.75, 3.05) is 19.8 Å². The molecule has 0 fully saturated rings. The molecule has 0 rings (SSSR count). The Balaban J connectivity index is -0.000000131. The number of carbonyl (C=O) groups excluding carboxylic acids is 3. The number of aliphatic carboxylic acids is 3. The van der Waals surface area contributed by atoms with Gasteiger partial charge in [-0.05, 0) is 40.0 Å². The minimum absolute atomic E-state index is 0. The Hall–Kier alpha value is -0.827. The molecule has 0 spiro atoms. The molecule has 0 N–H and O–H groups in total. The number of hydrogen-bond acceptors (Lipinski definition) is 9. The second-order valence-corrected chi connectivity index (χ2v) is 5.76. The standard InChI is InChI=1S/C14H29O3.3C2H4O2.Zr/c1-5-8-11-15-14(4,16-12-9-6-2)17-13-10-7-3;3*1-2(3)4;/h4-13H2,1-3H3;3*1H3,(H,3,4);/q-1;;;;+4/p-3. The average molecular weight is 514 g/mol. The van der Waals surface area contributed by atoms with Crippen LogP contribution >= 0.6 is 0 Å². The van der Waals surface area contributed by atoms with Gasteiger partial charge in [-0.1, -0.05) is 40.0 Å². The van der Waals surface area contributed by atoms with E-state index < -0.39 is 23.9 Å². The van der Waals surface area contributed by atoms with Crippen LogP contribution < -0.4 is 15.3 Å². The Labute approximate surface area is 200 Å². The van der Waals surface area contributed by atoms with Gasteiger partial charge in [-0.15, -0.1) is 0 Å². The Bertz CT molecular complexity index is 323. The molecular weight excluding hydrogens is 475 g/mol. The summed E-state index contributed by atoms with van der Waals surface area (Å²) >= 11 is 0. The largest absolute Gasteiger partial charge is 4.00 e. The molecule has 0 aliphatic heterocycles. The van der Waals surface area contributed by atoms with Crippen LogP contribution in [0.25, 0.3) is 0 Å². The van der Waals surface area contributed by atoms with E-state index in [1.165, 1.54) is 0 Å². The normalized spacial score (nSPS) is 9.30. The third kappa shape index (κ3) is 63.1. The summed E-state index contributed by atoms with van der Waals surface area (Å²) in [5.74, 6) is -4.35. The van der Waals surface area contributed by atoms with Gasteiger partial charge < -0.3 is 43.9 Å². The summed E-state index contributed by atoms with van der Waals surface area (Å²) in [6.45, 7) is 15.1. The third-order valence-corrected chi connectivity index (χ3v) is 2.46. The molecule has 0 aliphatic carbocycles. The minimum Gasteiger partial charge on any atom is -0.550 e. The van der Waals surface area contributed by atoms with Gasteiger partial charge in [-0.3, -0.25) is 6.92 Å². The number of ether oxygens (including phenoxy) is 3. The van der Waals surface area contributed by atoms with Gasteiger partial charge in [0.2, 0.25) is 0 Å². The van der Waals surface area contributed by atoms with E-state index >= 15 is 0 Å². The van der Waals surface area contributed by atoms with Crippen molar-refractivity contribution >= 4 is 17.9 Å². The number of hydrogen-bond donors (Lipinski definition) is 0. The summed E-state index contributed by atoms with van der Waals surface area (Å²) in [6, 6.07) is 0. The topological polar surface area (TPSA) is 148 Å². The minimum atomic E-state index is -1.10. The molecule has 30 heavy (non-hydrogen) atoms. The van der Waals surface area contributed by atoms with Gasteiger partial charge in [0.1, 0.15) is 5.97 Å². The maximum absolute atomic E-state index is 8.89. The zero-order valence-corrected chi connectivity index (χ0v) is 21.7. The summed E-state index contributed by atoms with van der Waals surface area (Å²) in [5, 5.41) is 26.7. The Morgan fingerprint density at radius 3 is 0.967 bits per heavy atom. The van der Waals surface area contributed by atoms with Crippen molar-refractivity contribution in [2.24, 2.45) is 0 Å². The number of carbonyl (C=O) groups is 3. The second kappa shape index (κ2) is 30.4. The van der Waals surface area contributed by atoms with Crippen molar-refractivity contribution in [2.45, 2.75) is 86.0 Å². The van der Waals surface area contributed by atoms with E-state index in [2.05, 4.69) is 27.7 Å². The first-order valence-corrected chi connectivity index (χ1v) is 9.68. The van der Waals surface area contributed by atoms with Gasteiger partial charge in [0.25, 0.3) is 0 Å². The molecule has 0 bridgehead atoms. The van der Waals surface area contributed by atoms with Crippen molar-refractivity contribution in [3.8, 4) is 0 Å². The molecule has 0 aromatic rings. The maximum Gasteiger partial charge on any atom is 4.00 e. The molecule has 0 radical (unpaired) electrons. The zero-order chi connectivity index (χ0) is 23.7. The number of carboxylic acids is 3. The van der Waals surface area contributed by atoms with Crippen LogP contribution in [0.4, 0.5) is 0 Å². The average Bonchev–Trinajstić information content (AvgIpc) is 2.54. The van der Waals surface area contributed by atoms with Gasteiger partial charge in [0.05, 0.1) is 0 Å². The molecule has 10 heteroatoms. The van der Waals surface area contributed by atoms with Crippen LogP contribution in [0.5, 0.6) is 0 Å². The first kappa shape index (κ1) is 39.6. The van der Waals surface area contributed by atoms with Crippen LogP contribution in [-0.2, 0) is 54.8 Å². The molecular formula is C20H38O9Zr. The molecule has 0 amide bonds. The molecule has 0 saturated heterocycles. The number of rotatable bonds is 12. The second-order valence-electron chi connectivity index (χ2n) is 5.76. The van der Waals surface area contributed by atoms with Crippen molar-refractivity contribution in [3.63, 3.8) is 0 Å². The fourth-order valence-corrected chi connectivity index (χ4v) is 1.24.